The Hall–Kier alpha value is -0.780. The predicted molar refractivity (Wildman–Crippen MR) is 78.6 cm³/mol. The van der Waals surface area contributed by atoms with E-state index < -0.39 is 11.6 Å². The van der Waals surface area contributed by atoms with Gasteiger partial charge in [0.05, 0.1) is 0 Å². The van der Waals surface area contributed by atoms with Gasteiger partial charge in [-0.1, -0.05) is 6.07 Å². The van der Waals surface area contributed by atoms with Crippen LogP contribution in [0.2, 0.25) is 0 Å². The molecule has 1 aromatic heterocycles. The second kappa shape index (κ2) is 6.11. The standard InChI is InChI=1S/C14H14BrF2NS/c1-8-11(15)7-14(19-8)13(18-2)5-9-3-4-10(16)6-12(9)17/h3-4,6-7,13,18H,5H2,1-2H3. The summed E-state index contributed by atoms with van der Waals surface area (Å²) < 4.78 is 27.6. The number of halogens is 3. The van der Waals surface area contributed by atoms with Gasteiger partial charge in [-0.05, 0) is 54.0 Å². The fourth-order valence-electron chi connectivity index (χ4n) is 1.91. The minimum atomic E-state index is -0.544. The Morgan fingerprint density at radius 1 is 1.32 bits per heavy atom. The van der Waals surface area contributed by atoms with E-state index in [1.807, 2.05) is 20.0 Å². The van der Waals surface area contributed by atoms with Crippen molar-refractivity contribution in [3.63, 3.8) is 0 Å². The summed E-state index contributed by atoms with van der Waals surface area (Å²) in [7, 11) is 1.84. The Labute approximate surface area is 123 Å². The molecule has 1 unspecified atom stereocenters. The SMILES string of the molecule is CNC(Cc1ccc(F)cc1F)c1cc(Br)c(C)s1. The molecule has 0 saturated heterocycles. The smallest absolute Gasteiger partial charge is 0.129 e. The van der Waals surface area contributed by atoms with E-state index in [0.29, 0.717) is 12.0 Å². The third-order valence-electron chi connectivity index (χ3n) is 3.01. The van der Waals surface area contributed by atoms with E-state index in [9.17, 15) is 8.78 Å². The average molecular weight is 346 g/mol. The summed E-state index contributed by atoms with van der Waals surface area (Å²) in [5.41, 5.74) is 0.517. The fourth-order valence-corrected chi connectivity index (χ4v) is 3.58. The van der Waals surface area contributed by atoms with Gasteiger partial charge in [0.15, 0.2) is 0 Å². The molecular weight excluding hydrogens is 332 g/mol. The Kier molecular flexibility index (Phi) is 4.71. The Morgan fingerprint density at radius 3 is 2.58 bits per heavy atom. The summed E-state index contributed by atoms with van der Waals surface area (Å²) in [6.07, 6.45) is 0.495. The molecule has 2 aromatic rings. The Morgan fingerprint density at radius 2 is 2.05 bits per heavy atom. The molecule has 1 atom stereocenters. The van der Waals surface area contributed by atoms with E-state index in [1.165, 1.54) is 17.0 Å². The maximum atomic E-state index is 13.7. The highest BCUT2D eigenvalue weighted by molar-refractivity contribution is 9.10. The summed E-state index contributed by atoms with van der Waals surface area (Å²) in [6.45, 7) is 2.03. The zero-order chi connectivity index (χ0) is 14.0. The molecule has 0 radical (unpaired) electrons. The van der Waals surface area contributed by atoms with Gasteiger partial charge in [0.1, 0.15) is 11.6 Å². The van der Waals surface area contributed by atoms with Crippen LogP contribution in [-0.4, -0.2) is 7.05 Å². The summed E-state index contributed by atoms with van der Waals surface area (Å²) in [5.74, 6) is -1.04. The lowest BCUT2D eigenvalue weighted by Crippen LogP contribution is -2.18. The van der Waals surface area contributed by atoms with Crippen LogP contribution in [0, 0.1) is 18.6 Å². The molecule has 0 aliphatic heterocycles. The van der Waals surface area contributed by atoms with Crippen molar-refractivity contribution in [2.24, 2.45) is 0 Å². The zero-order valence-electron chi connectivity index (χ0n) is 10.6. The number of benzene rings is 1. The van der Waals surface area contributed by atoms with Gasteiger partial charge in [-0.3, -0.25) is 0 Å². The second-order valence-electron chi connectivity index (χ2n) is 4.33. The van der Waals surface area contributed by atoms with Crippen molar-refractivity contribution < 1.29 is 8.78 Å². The normalized spacial score (nSPS) is 12.7. The van der Waals surface area contributed by atoms with Gasteiger partial charge in [0.25, 0.3) is 0 Å². The lowest BCUT2D eigenvalue weighted by molar-refractivity contribution is 0.544. The highest BCUT2D eigenvalue weighted by Crippen LogP contribution is 2.32. The molecule has 1 heterocycles. The summed E-state index contributed by atoms with van der Waals surface area (Å²) in [5, 5.41) is 3.18. The van der Waals surface area contributed by atoms with Crippen LogP contribution in [0.15, 0.2) is 28.7 Å². The molecule has 0 spiro atoms. The molecule has 0 bridgehead atoms. The first-order valence-electron chi connectivity index (χ1n) is 5.88. The lowest BCUT2D eigenvalue weighted by Gasteiger charge is -2.15. The minimum absolute atomic E-state index is 0.0231. The summed E-state index contributed by atoms with van der Waals surface area (Å²) >= 11 is 5.15. The second-order valence-corrected chi connectivity index (χ2v) is 6.48. The van der Waals surface area contributed by atoms with Gasteiger partial charge in [-0.15, -0.1) is 11.3 Å². The maximum absolute atomic E-state index is 13.7. The van der Waals surface area contributed by atoms with Crippen molar-refractivity contribution in [3.8, 4) is 0 Å². The number of likely N-dealkylation sites (N-methyl/N-ethyl adjacent to an activating group) is 1. The number of thiophene rings is 1. The van der Waals surface area contributed by atoms with E-state index in [4.69, 9.17) is 0 Å². The van der Waals surface area contributed by atoms with Crippen LogP contribution in [0.1, 0.15) is 21.4 Å². The molecule has 1 aromatic carbocycles. The van der Waals surface area contributed by atoms with Gasteiger partial charge in [-0.2, -0.15) is 0 Å². The van der Waals surface area contributed by atoms with E-state index in [2.05, 4.69) is 21.2 Å². The van der Waals surface area contributed by atoms with E-state index in [-0.39, 0.29) is 6.04 Å². The third-order valence-corrected chi connectivity index (χ3v) is 5.26. The quantitative estimate of drug-likeness (QED) is 0.853. The number of hydrogen-bond donors (Lipinski definition) is 1. The molecule has 0 aliphatic rings. The Balaban J connectivity index is 2.23. The number of hydrogen-bond acceptors (Lipinski definition) is 2. The molecule has 0 saturated carbocycles. The van der Waals surface area contributed by atoms with Gasteiger partial charge in [0.2, 0.25) is 0 Å². The van der Waals surface area contributed by atoms with Crippen molar-refractivity contribution >= 4 is 27.3 Å². The number of nitrogens with one attached hydrogen (secondary N) is 1. The minimum Gasteiger partial charge on any atom is -0.312 e. The van der Waals surface area contributed by atoms with Crippen LogP contribution in [0.5, 0.6) is 0 Å². The number of aryl methyl sites for hydroxylation is 1. The predicted octanol–water partition coefficient (Wildman–Crippen LogP) is 4.60. The van der Waals surface area contributed by atoms with Crippen LogP contribution in [0.4, 0.5) is 8.78 Å². The third kappa shape index (κ3) is 3.41. The molecule has 0 amide bonds. The first-order chi connectivity index (χ1) is 9.01. The van der Waals surface area contributed by atoms with Gasteiger partial charge < -0.3 is 5.32 Å². The fraction of sp³-hybridized carbons (Fsp3) is 0.286. The maximum Gasteiger partial charge on any atom is 0.129 e. The van der Waals surface area contributed by atoms with E-state index in [0.717, 1.165) is 15.4 Å². The van der Waals surface area contributed by atoms with Crippen molar-refractivity contribution in [1.29, 1.82) is 0 Å². The average Bonchev–Trinajstić information content (AvgIpc) is 2.68. The van der Waals surface area contributed by atoms with Crippen LogP contribution in [0.3, 0.4) is 0 Å². The number of rotatable bonds is 4. The topological polar surface area (TPSA) is 12.0 Å². The molecule has 102 valence electrons. The van der Waals surface area contributed by atoms with Crippen LogP contribution < -0.4 is 5.32 Å². The summed E-state index contributed by atoms with van der Waals surface area (Å²) in [4.78, 5) is 2.32. The Bertz CT molecular complexity index is 563. The summed E-state index contributed by atoms with van der Waals surface area (Å²) in [6, 6.07) is 5.79. The highest BCUT2D eigenvalue weighted by Gasteiger charge is 2.16. The van der Waals surface area contributed by atoms with Crippen molar-refractivity contribution in [3.05, 3.63) is 55.7 Å². The lowest BCUT2D eigenvalue weighted by atomic mass is 10.0. The van der Waals surface area contributed by atoms with Crippen molar-refractivity contribution in [2.75, 3.05) is 7.05 Å². The molecule has 1 nitrogen and oxygen atoms in total. The van der Waals surface area contributed by atoms with Gasteiger partial charge in [0, 0.05) is 26.3 Å². The molecule has 5 heteroatoms. The first kappa shape index (κ1) is 14.6. The van der Waals surface area contributed by atoms with Crippen LogP contribution in [-0.2, 0) is 6.42 Å². The molecular formula is C14H14BrF2NS. The molecule has 0 aliphatic carbocycles. The molecule has 0 fully saturated rings. The zero-order valence-corrected chi connectivity index (χ0v) is 13.0. The van der Waals surface area contributed by atoms with E-state index >= 15 is 0 Å². The highest BCUT2D eigenvalue weighted by atomic mass is 79.9. The van der Waals surface area contributed by atoms with Crippen LogP contribution >= 0.6 is 27.3 Å². The monoisotopic (exact) mass is 345 g/mol. The van der Waals surface area contributed by atoms with E-state index in [1.54, 1.807) is 11.3 Å². The molecule has 1 N–H and O–H groups in total. The largest absolute Gasteiger partial charge is 0.312 e. The van der Waals surface area contributed by atoms with Crippen molar-refractivity contribution in [1.82, 2.24) is 5.32 Å². The van der Waals surface area contributed by atoms with Crippen LogP contribution in [0.25, 0.3) is 0 Å². The first-order valence-corrected chi connectivity index (χ1v) is 7.49. The van der Waals surface area contributed by atoms with Gasteiger partial charge in [-0.25, -0.2) is 8.78 Å². The van der Waals surface area contributed by atoms with Gasteiger partial charge >= 0.3 is 0 Å². The molecule has 2 rings (SSSR count). The van der Waals surface area contributed by atoms with Crippen molar-refractivity contribution in [2.45, 2.75) is 19.4 Å². The molecule has 19 heavy (non-hydrogen) atoms.